The lowest BCUT2D eigenvalue weighted by Gasteiger charge is -2.13. The zero-order chi connectivity index (χ0) is 21.0. The van der Waals surface area contributed by atoms with E-state index in [9.17, 15) is 18.0 Å². The predicted octanol–water partition coefficient (Wildman–Crippen LogP) is 5.09. The molecule has 1 aromatic heterocycles. The largest absolute Gasteiger partial charge is 0.417 e. The molecule has 0 saturated carbocycles. The molecule has 29 heavy (non-hydrogen) atoms. The SMILES string of the molecule is CCSc1nnc(CNC(=O)c2ccccc2C(F)(F)F)n1-c1ccc(Br)cc1. The Bertz CT molecular complexity index is 1010. The third-order valence-corrected chi connectivity index (χ3v) is 5.28. The summed E-state index contributed by atoms with van der Waals surface area (Å²) in [5, 5.41) is 11.4. The third kappa shape index (κ3) is 4.99. The van der Waals surface area contributed by atoms with Gasteiger partial charge in [0, 0.05) is 10.2 Å². The van der Waals surface area contributed by atoms with Gasteiger partial charge in [-0.2, -0.15) is 13.2 Å². The molecule has 0 aliphatic rings. The molecule has 0 aliphatic carbocycles. The van der Waals surface area contributed by atoms with E-state index < -0.39 is 23.2 Å². The topological polar surface area (TPSA) is 59.8 Å². The highest BCUT2D eigenvalue weighted by atomic mass is 79.9. The quantitative estimate of drug-likeness (QED) is 0.495. The van der Waals surface area contributed by atoms with E-state index in [2.05, 4.69) is 31.4 Å². The molecule has 0 spiro atoms. The van der Waals surface area contributed by atoms with Crippen molar-refractivity contribution in [3.8, 4) is 5.69 Å². The minimum Gasteiger partial charge on any atom is -0.345 e. The molecule has 10 heteroatoms. The number of nitrogens with one attached hydrogen (secondary N) is 1. The number of carbonyl (C=O) groups excluding carboxylic acids is 1. The number of halogens is 4. The summed E-state index contributed by atoms with van der Waals surface area (Å²) in [6.07, 6.45) is -4.61. The summed E-state index contributed by atoms with van der Waals surface area (Å²) in [4.78, 5) is 12.4. The van der Waals surface area contributed by atoms with Crippen molar-refractivity contribution in [2.45, 2.75) is 24.8 Å². The fraction of sp³-hybridized carbons (Fsp3) is 0.211. The van der Waals surface area contributed by atoms with E-state index in [4.69, 9.17) is 0 Å². The van der Waals surface area contributed by atoms with Crippen LogP contribution < -0.4 is 5.32 Å². The number of aromatic nitrogens is 3. The van der Waals surface area contributed by atoms with Gasteiger partial charge >= 0.3 is 6.18 Å². The summed E-state index contributed by atoms with van der Waals surface area (Å²) in [6.45, 7) is 1.90. The molecule has 152 valence electrons. The van der Waals surface area contributed by atoms with Crippen LogP contribution in [-0.4, -0.2) is 26.4 Å². The second kappa shape index (κ2) is 9.00. The third-order valence-electron chi connectivity index (χ3n) is 3.94. The number of amides is 1. The van der Waals surface area contributed by atoms with E-state index in [1.807, 2.05) is 31.2 Å². The first-order valence-corrected chi connectivity index (χ1v) is 10.4. The molecule has 2 aromatic carbocycles. The maximum atomic E-state index is 13.2. The average Bonchev–Trinajstić information content (AvgIpc) is 3.09. The Hall–Kier alpha value is -2.33. The maximum Gasteiger partial charge on any atom is 0.417 e. The van der Waals surface area contributed by atoms with Gasteiger partial charge in [0.2, 0.25) is 0 Å². The number of thioether (sulfide) groups is 1. The fourth-order valence-corrected chi connectivity index (χ4v) is 3.63. The molecule has 0 aliphatic heterocycles. The summed E-state index contributed by atoms with van der Waals surface area (Å²) in [5.74, 6) is 0.356. The van der Waals surface area contributed by atoms with Gasteiger partial charge in [-0.15, -0.1) is 10.2 Å². The summed E-state index contributed by atoms with van der Waals surface area (Å²) >= 11 is 4.85. The molecule has 3 rings (SSSR count). The summed E-state index contributed by atoms with van der Waals surface area (Å²) in [5.41, 5.74) is -0.624. The smallest absolute Gasteiger partial charge is 0.345 e. The number of rotatable bonds is 6. The number of alkyl halides is 3. The van der Waals surface area contributed by atoms with Crippen LogP contribution in [0.2, 0.25) is 0 Å². The van der Waals surface area contributed by atoms with Crippen LogP contribution in [0.25, 0.3) is 5.69 Å². The Morgan fingerprint density at radius 3 is 2.48 bits per heavy atom. The monoisotopic (exact) mass is 484 g/mol. The molecule has 0 unspecified atom stereocenters. The fourth-order valence-electron chi connectivity index (χ4n) is 2.67. The first-order valence-electron chi connectivity index (χ1n) is 8.58. The summed E-state index contributed by atoms with van der Waals surface area (Å²) in [6, 6.07) is 12.1. The highest BCUT2D eigenvalue weighted by molar-refractivity contribution is 9.10. The Balaban J connectivity index is 1.87. The number of benzene rings is 2. The predicted molar refractivity (Wildman–Crippen MR) is 108 cm³/mol. The number of hydrogen-bond donors (Lipinski definition) is 1. The van der Waals surface area contributed by atoms with Gasteiger partial charge in [-0.25, -0.2) is 0 Å². The first kappa shape index (κ1) is 21.4. The van der Waals surface area contributed by atoms with Crippen LogP contribution in [0.3, 0.4) is 0 Å². The lowest BCUT2D eigenvalue weighted by atomic mass is 10.1. The van der Waals surface area contributed by atoms with Crippen LogP contribution in [0, 0.1) is 0 Å². The van der Waals surface area contributed by atoms with Crippen molar-refractivity contribution >= 4 is 33.6 Å². The zero-order valence-electron chi connectivity index (χ0n) is 15.2. The van der Waals surface area contributed by atoms with Gasteiger partial charge < -0.3 is 5.32 Å². The number of carbonyl (C=O) groups is 1. The lowest BCUT2D eigenvalue weighted by molar-refractivity contribution is -0.137. The Morgan fingerprint density at radius 2 is 1.83 bits per heavy atom. The van der Waals surface area contributed by atoms with Crippen molar-refractivity contribution in [2.75, 3.05) is 5.75 Å². The van der Waals surface area contributed by atoms with Crippen LogP contribution in [0.4, 0.5) is 13.2 Å². The highest BCUT2D eigenvalue weighted by Crippen LogP contribution is 2.32. The first-order chi connectivity index (χ1) is 13.8. The second-order valence-corrected chi connectivity index (χ2v) is 8.02. The van der Waals surface area contributed by atoms with Crippen molar-refractivity contribution in [1.29, 1.82) is 0 Å². The van der Waals surface area contributed by atoms with Gasteiger partial charge in [-0.1, -0.05) is 46.7 Å². The van der Waals surface area contributed by atoms with Crippen LogP contribution in [0.5, 0.6) is 0 Å². The van der Waals surface area contributed by atoms with Crippen molar-refractivity contribution in [3.05, 3.63) is 70.0 Å². The Labute approximate surface area is 177 Å². The Kier molecular flexibility index (Phi) is 6.63. The van der Waals surface area contributed by atoms with E-state index in [1.54, 1.807) is 4.57 Å². The molecule has 0 radical (unpaired) electrons. The highest BCUT2D eigenvalue weighted by Gasteiger charge is 2.34. The van der Waals surface area contributed by atoms with Gasteiger partial charge in [0.15, 0.2) is 11.0 Å². The van der Waals surface area contributed by atoms with Crippen LogP contribution in [-0.2, 0) is 12.7 Å². The molecule has 0 fully saturated rings. The van der Waals surface area contributed by atoms with Crippen LogP contribution in [0.15, 0.2) is 58.2 Å². The summed E-state index contributed by atoms with van der Waals surface area (Å²) in [7, 11) is 0. The molecular weight excluding hydrogens is 469 g/mol. The molecule has 1 amide bonds. The van der Waals surface area contributed by atoms with E-state index in [-0.39, 0.29) is 6.54 Å². The molecule has 1 N–H and O–H groups in total. The zero-order valence-corrected chi connectivity index (χ0v) is 17.6. The van der Waals surface area contributed by atoms with Crippen molar-refractivity contribution < 1.29 is 18.0 Å². The number of hydrogen-bond acceptors (Lipinski definition) is 4. The van der Waals surface area contributed by atoms with Crippen molar-refractivity contribution in [1.82, 2.24) is 20.1 Å². The van der Waals surface area contributed by atoms with Gasteiger partial charge in [-0.05, 0) is 42.2 Å². The van der Waals surface area contributed by atoms with Gasteiger partial charge in [0.05, 0.1) is 17.7 Å². The molecule has 3 aromatic rings. The molecule has 1 heterocycles. The molecule has 0 bridgehead atoms. The van der Waals surface area contributed by atoms with Crippen molar-refractivity contribution in [3.63, 3.8) is 0 Å². The number of nitrogens with zero attached hydrogens (tertiary/aromatic N) is 3. The maximum absolute atomic E-state index is 13.2. The van der Waals surface area contributed by atoms with Gasteiger partial charge in [0.1, 0.15) is 0 Å². The van der Waals surface area contributed by atoms with E-state index in [0.717, 1.165) is 28.0 Å². The van der Waals surface area contributed by atoms with Crippen LogP contribution >= 0.6 is 27.7 Å². The van der Waals surface area contributed by atoms with E-state index in [0.29, 0.717) is 11.0 Å². The summed E-state index contributed by atoms with van der Waals surface area (Å²) < 4.78 is 42.2. The van der Waals surface area contributed by atoms with Gasteiger partial charge in [-0.3, -0.25) is 9.36 Å². The molecule has 0 saturated heterocycles. The minimum atomic E-state index is -4.61. The molecular formula is C19H16BrF3N4OS. The standard InChI is InChI=1S/C19H16BrF3N4OS/c1-2-29-18-26-25-16(27(18)13-9-7-12(20)8-10-13)11-24-17(28)14-5-3-4-6-15(14)19(21,22)23/h3-10H,2,11H2,1H3,(H,24,28). The molecule has 0 atom stereocenters. The minimum absolute atomic E-state index is 0.0711. The average molecular weight is 485 g/mol. The van der Waals surface area contributed by atoms with Crippen LogP contribution in [0.1, 0.15) is 28.7 Å². The normalized spacial score (nSPS) is 11.5. The van der Waals surface area contributed by atoms with Crippen molar-refractivity contribution in [2.24, 2.45) is 0 Å². The lowest BCUT2D eigenvalue weighted by Crippen LogP contribution is -2.27. The van der Waals surface area contributed by atoms with Gasteiger partial charge in [0.25, 0.3) is 5.91 Å². The molecule has 5 nitrogen and oxygen atoms in total. The Morgan fingerprint density at radius 1 is 1.14 bits per heavy atom. The van der Waals surface area contributed by atoms with E-state index in [1.165, 1.54) is 23.9 Å². The van der Waals surface area contributed by atoms with E-state index >= 15 is 0 Å². The second-order valence-electron chi connectivity index (χ2n) is 5.87.